The van der Waals surface area contributed by atoms with Gasteiger partial charge in [-0.15, -0.1) is 0 Å². The first-order chi connectivity index (χ1) is 7.72. The topological polar surface area (TPSA) is 41.1 Å². The first kappa shape index (κ1) is 13.2. The highest BCUT2D eigenvalue weighted by Gasteiger charge is 1.99. The van der Waals surface area contributed by atoms with E-state index in [0.29, 0.717) is 13.1 Å². The molecule has 88 valence electrons. The zero-order valence-electron chi connectivity index (χ0n) is 9.42. The van der Waals surface area contributed by atoms with E-state index in [9.17, 15) is 4.79 Å². The molecule has 0 heterocycles. The van der Waals surface area contributed by atoms with Gasteiger partial charge in [-0.2, -0.15) is 0 Å². The van der Waals surface area contributed by atoms with Crippen LogP contribution in [-0.4, -0.2) is 25.5 Å². The lowest BCUT2D eigenvalue weighted by molar-refractivity contribution is -0.120. The SMILES string of the molecule is CCNCC(=O)NCCc1cccc(Br)c1. The van der Waals surface area contributed by atoms with Crippen LogP contribution >= 0.6 is 15.9 Å². The molecule has 4 heteroatoms. The van der Waals surface area contributed by atoms with Crippen molar-refractivity contribution in [2.45, 2.75) is 13.3 Å². The Kier molecular flexibility index (Phi) is 6.11. The molecule has 0 spiro atoms. The number of nitrogens with one attached hydrogen (secondary N) is 2. The van der Waals surface area contributed by atoms with Crippen LogP contribution in [0, 0.1) is 0 Å². The molecule has 0 saturated heterocycles. The fraction of sp³-hybridized carbons (Fsp3) is 0.417. The highest BCUT2D eigenvalue weighted by Crippen LogP contribution is 2.11. The summed E-state index contributed by atoms with van der Waals surface area (Å²) in [5, 5.41) is 5.85. The molecule has 0 bridgehead atoms. The Morgan fingerprint density at radius 1 is 1.44 bits per heavy atom. The summed E-state index contributed by atoms with van der Waals surface area (Å²) >= 11 is 3.42. The number of carbonyl (C=O) groups is 1. The summed E-state index contributed by atoms with van der Waals surface area (Å²) in [6.45, 7) is 3.88. The molecule has 0 saturated carbocycles. The molecule has 0 aromatic heterocycles. The standard InChI is InChI=1S/C12H17BrN2O/c1-2-14-9-12(16)15-7-6-10-4-3-5-11(13)8-10/h3-5,8,14H,2,6-7,9H2,1H3,(H,15,16). The van der Waals surface area contributed by atoms with Crippen molar-refractivity contribution in [1.29, 1.82) is 0 Å². The monoisotopic (exact) mass is 284 g/mol. The third kappa shape index (κ3) is 5.28. The lowest BCUT2D eigenvalue weighted by Gasteiger charge is -2.05. The van der Waals surface area contributed by atoms with E-state index in [2.05, 4.69) is 38.7 Å². The Morgan fingerprint density at radius 2 is 2.25 bits per heavy atom. The van der Waals surface area contributed by atoms with E-state index >= 15 is 0 Å². The molecule has 1 aromatic rings. The molecule has 1 amide bonds. The molecule has 0 aliphatic heterocycles. The van der Waals surface area contributed by atoms with Crippen LogP contribution in [0.5, 0.6) is 0 Å². The Hall–Kier alpha value is -0.870. The minimum Gasteiger partial charge on any atom is -0.355 e. The van der Waals surface area contributed by atoms with E-state index in [1.807, 2.05) is 19.1 Å². The van der Waals surface area contributed by atoms with Gasteiger partial charge in [0, 0.05) is 11.0 Å². The molecule has 2 N–H and O–H groups in total. The van der Waals surface area contributed by atoms with Crippen LogP contribution < -0.4 is 10.6 Å². The van der Waals surface area contributed by atoms with Crippen molar-refractivity contribution in [3.05, 3.63) is 34.3 Å². The van der Waals surface area contributed by atoms with E-state index in [0.717, 1.165) is 17.4 Å². The fourth-order valence-electron chi connectivity index (χ4n) is 1.34. The summed E-state index contributed by atoms with van der Waals surface area (Å²) in [7, 11) is 0. The maximum absolute atomic E-state index is 11.3. The summed E-state index contributed by atoms with van der Waals surface area (Å²) < 4.78 is 1.07. The van der Waals surface area contributed by atoms with Gasteiger partial charge in [-0.25, -0.2) is 0 Å². The molecule has 1 rings (SSSR count). The molecular weight excluding hydrogens is 268 g/mol. The molecule has 0 aliphatic carbocycles. The second-order valence-electron chi connectivity index (χ2n) is 3.51. The normalized spacial score (nSPS) is 10.1. The van der Waals surface area contributed by atoms with Gasteiger partial charge in [-0.05, 0) is 30.7 Å². The van der Waals surface area contributed by atoms with Gasteiger partial charge in [-0.3, -0.25) is 4.79 Å². The van der Waals surface area contributed by atoms with E-state index < -0.39 is 0 Å². The largest absolute Gasteiger partial charge is 0.355 e. The first-order valence-corrected chi connectivity index (χ1v) is 6.23. The van der Waals surface area contributed by atoms with Crippen molar-refractivity contribution in [1.82, 2.24) is 10.6 Å². The van der Waals surface area contributed by atoms with Gasteiger partial charge in [0.1, 0.15) is 0 Å². The molecular formula is C12H17BrN2O. The van der Waals surface area contributed by atoms with Crippen LogP contribution in [0.15, 0.2) is 28.7 Å². The maximum Gasteiger partial charge on any atom is 0.233 e. The van der Waals surface area contributed by atoms with Crippen molar-refractivity contribution in [2.24, 2.45) is 0 Å². The highest BCUT2D eigenvalue weighted by molar-refractivity contribution is 9.10. The molecule has 0 atom stereocenters. The summed E-state index contributed by atoms with van der Waals surface area (Å²) in [6, 6.07) is 8.12. The predicted octanol–water partition coefficient (Wildman–Crippen LogP) is 1.72. The third-order valence-corrected chi connectivity index (χ3v) is 2.65. The fourth-order valence-corrected chi connectivity index (χ4v) is 1.79. The van der Waals surface area contributed by atoms with Crippen LogP contribution in [-0.2, 0) is 11.2 Å². The number of amides is 1. The average Bonchev–Trinajstić information content (AvgIpc) is 2.26. The van der Waals surface area contributed by atoms with Gasteiger partial charge < -0.3 is 10.6 Å². The molecule has 0 unspecified atom stereocenters. The van der Waals surface area contributed by atoms with Crippen LogP contribution in [0.25, 0.3) is 0 Å². The van der Waals surface area contributed by atoms with Gasteiger partial charge >= 0.3 is 0 Å². The van der Waals surface area contributed by atoms with Crippen LogP contribution in [0.2, 0.25) is 0 Å². The Balaban J connectivity index is 2.22. The summed E-state index contributed by atoms with van der Waals surface area (Å²) in [6.07, 6.45) is 0.858. The van der Waals surface area contributed by atoms with E-state index in [-0.39, 0.29) is 5.91 Å². The number of likely N-dealkylation sites (N-methyl/N-ethyl adjacent to an activating group) is 1. The van der Waals surface area contributed by atoms with Gasteiger partial charge in [-0.1, -0.05) is 35.0 Å². The van der Waals surface area contributed by atoms with Crippen LogP contribution in [0.3, 0.4) is 0 Å². The number of hydrogen-bond acceptors (Lipinski definition) is 2. The number of hydrogen-bond donors (Lipinski definition) is 2. The first-order valence-electron chi connectivity index (χ1n) is 5.44. The van der Waals surface area contributed by atoms with Crippen molar-refractivity contribution >= 4 is 21.8 Å². The number of rotatable bonds is 6. The summed E-state index contributed by atoms with van der Waals surface area (Å²) in [5.74, 6) is 0.0526. The second kappa shape index (κ2) is 7.41. The molecule has 3 nitrogen and oxygen atoms in total. The van der Waals surface area contributed by atoms with Gasteiger partial charge in [0.2, 0.25) is 5.91 Å². The smallest absolute Gasteiger partial charge is 0.233 e. The molecule has 16 heavy (non-hydrogen) atoms. The predicted molar refractivity (Wildman–Crippen MR) is 69.4 cm³/mol. The van der Waals surface area contributed by atoms with Crippen molar-refractivity contribution in [2.75, 3.05) is 19.6 Å². The molecule has 0 radical (unpaired) electrons. The lowest BCUT2D eigenvalue weighted by Crippen LogP contribution is -2.34. The van der Waals surface area contributed by atoms with E-state index in [4.69, 9.17) is 0 Å². The molecule has 0 aliphatic rings. The average molecular weight is 285 g/mol. The third-order valence-electron chi connectivity index (χ3n) is 2.16. The van der Waals surface area contributed by atoms with Gasteiger partial charge in [0.05, 0.1) is 6.54 Å². The Morgan fingerprint density at radius 3 is 2.94 bits per heavy atom. The second-order valence-corrected chi connectivity index (χ2v) is 4.43. The number of benzene rings is 1. The van der Waals surface area contributed by atoms with E-state index in [1.54, 1.807) is 0 Å². The number of carbonyl (C=O) groups excluding carboxylic acids is 1. The quantitative estimate of drug-likeness (QED) is 0.835. The number of halogens is 1. The minimum atomic E-state index is 0.0526. The van der Waals surface area contributed by atoms with Gasteiger partial charge in [0.15, 0.2) is 0 Å². The van der Waals surface area contributed by atoms with Crippen molar-refractivity contribution < 1.29 is 4.79 Å². The molecule has 1 aromatic carbocycles. The Labute approximate surface area is 105 Å². The lowest BCUT2D eigenvalue weighted by atomic mass is 10.1. The van der Waals surface area contributed by atoms with Crippen molar-refractivity contribution in [3.8, 4) is 0 Å². The summed E-state index contributed by atoms with van der Waals surface area (Å²) in [5.41, 5.74) is 1.22. The highest BCUT2D eigenvalue weighted by atomic mass is 79.9. The zero-order valence-corrected chi connectivity index (χ0v) is 11.0. The summed E-state index contributed by atoms with van der Waals surface area (Å²) in [4.78, 5) is 11.3. The van der Waals surface area contributed by atoms with Crippen molar-refractivity contribution in [3.63, 3.8) is 0 Å². The van der Waals surface area contributed by atoms with Crippen LogP contribution in [0.4, 0.5) is 0 Å². The molecule has 0 fully saturated rings. The Bertz CT molecular complexity index is 342. The zero-order chi connectivity index (χ0) is 11.8. The minimum absolute atomic E-state index is 0.0526. The maximum atomic E-state index is 11.3. The van der Waals surface area contributed by atoms with Gasteiger partial charge in [0.25, 0.3) is 0 Å². The van der Waals surface area contributed by atoms with E-state index in [1.165, 1.54) is 5.56 Å². The van der Waals surface area contributed by atoms with Crippen LogP contribution in [0.1, 0.15) is 12.5 Å².